The molecule has 94 valence electrons. The molecule has 0 heterocycles. The molecule has 0 aromatic rings. The van der Waals surface area contributed by atoms with Gasteiger partial charge < -0.3 is 15.6 Å². The highest BCUT2D eigenvalue weighted by molar-refractivity contribution is 5.97. The Hall–Kier alpha value is -2.18. The van der Waals surface area contributed by atoms with Gasteiger partial charge in [-0.25, -0.2) is 4.79 Å². The molecule has 17 heavy (non-hydrogen) atoms. The van der Waals surface area contributed by atoms with E-state index in [-0.39, 0.29) is 12.8 Å². The standard InChI is InChI=1S/C10H13NO6/c1-17-10(16)6(5-8(11)13)4-7(12)2-3-9(14)15/h2-3,6H,4-5H2,1H3,(H2,11,13)(H,14,15)/b3-2+. The number of carboxylic acid groups (broad SMARTS) is 1. The lowest BCUT2D eigenvalue weighted by Crippen LogP contribution is -2.25. The van der Waals surface area contributed by atoms with Gasteiger partial charge >= 0.3 is 11.9 Å². The van der Waals surface area contributed by atoms with Crippen LogP contribution in [0, 0.1) is 5.92 Å². The topological polar surface area (TPSA) is 124 Å². The summed E-state index contributed by atoms with van der Waals surface area (Å²) in [5.41, 5.74) is 4.91. The van der Waals surface area contributed by atoms with Gasteiger partial charge in [0, 0.05) is 18.9 Å². The average Bonchev–Trinajstić information content (AvgIpc) is 2.23. The lowest BCUT2D eigenvalue weighted by Gasteiger charge is -2.10. The molecule has 0 aliphatic carbocycles. The Balaban J connectivity index is 4.53. The Morgan fingerprint density at radius 1 is 1.24 bits per heavy atom. The molecular formula is C10H13NO6. The lowest BCUT2D eigenvalue weighted by atomic mass is 9.98. The van der Waals surface area contributed by atoms with Crippen molar-refractivity contribution >= 4 is 23.6 Å². The number of carbonyl (C=O) groups is 4. The van der Waals surface area contributed by atoms with Crippen molar-refractivity contribution in [2.45, 2.75) is 12.8 Å². The van der Waals surface area contributed by atoms with E-state index >= 15 is 0 Å². The number of rotatable bonds is 7. The van der Waals surface area contributed by atoms with Crippen molar-refractivity contribution in [2.75, 3.05) is 7.11 Å². The molecule has 0 saturated heterocycles. The van der Waals surface area contributed by atoms with Gasteiger partial charge in [-0.05, 0) is 6.08 Å². The summed E-state index contributed by atoms with van der Waals surface area (Å²) in [7, 11) is 1.12. The minimum absolute atomic E-state index is 0.320. The predicted octanol–water partition coefficient (Wildman–Crippen LogP) is -0.749. The Bertz CT molecular complexity index is 360. The number of carboxylic acids is 1. The molecule has 0 aliphatic rings. The number of hydrogen-bond donors (Lipinski definition) is 2. The first kappa shape index (κ1) is 14.8. The van der Waals surface area contributed by atoms with Gasteiger partial charge in [-0.15, -0.1) is 0 Å². The van der Waals surface area contributed by atoms with Crippen LogP contribution in [0.4, 0.5) is 0 Å². The summed E-state index contributed by atoms with van der Waals surface area (Å²) in [6.07, 6.45) is 0.832. The smallest absolute Gasteiger partial charge is 0.328 e. The Morgan fingerprint density at radius 3 is 2.24 bits per heavy atom. The molecule has 0 bridgehead atoms. The normalized spacial score (nSPS) is 12.1. The number of ketones is 1. The van der Waals surface area contributed by atoms with Crippen molar-refractivity contribution in [3.8, 4) is 0 Å². The molecule has 0 rings (SSSR count). The summed E-state index contributed by atoms with van der Waals surface area (Å²) in [6, 6.07) is 0. The first-order valence-electron chi connectivity index (χ1n) is 4.66. The molecule has 0 fully saturated rings. The second-order valence-electron chi connectivity index (χ2n) is 3.23. The van der Waals surface area contributed by atoms with Crippen molar-refractivity contribution in [3.63, 3.8) is 0 Å². The number of aliphatic carboxylic acids is 1. The number of carbonyl (C=O) groups excluding carboxylic acids is 3. The van der Waals surface area contributed by atoms with Gasteiger partial charge in [-0.3, -0.25) is 14.4 Å². The van der Waals surface area contributed by atoms with E-state index in [0.29, 0.717) is 6.08 Å². The van der Waals surface area contributed by atoms with Crippen molar-refractivity contribution in [1.82, 2.24) is 0 Å². The lowest BCUT2D eigenvalue weighted by molar-refractivity contribution is -0.148. The van der Waals surface area contributed by atoms with E-state index in [1.807, 2.05) is 0 Å². The molecule has 7 heteroatoms. The molecule has 0 spiro atoms. The van der Waals surface area contributed by atoms with Crippen molar-refractivity contribution in [2.24, 2.45) is 11.7 Å². The van der Waals surface area contributed by atoms with Gasteiger partial charge in [-0.1, -0.05) is 0 Å². The fourth-order valence-corrected chi connectivity index (χ4v) is 1.12. The molecular weight excluding hydrogens is 230 g/mol. The number of ether oxygens (including phenoxy) is 1. The van der Waals surface area contributed by atoms with Crippen LogP contribution in [-0.2, 0) is 23.9 Å². The zero-order valence-electron chi connectivity index (χ0n) is 9.21. The summed E-state index contributed by atoms with van der Waals surface area (Å²) >= 11 is 0. The molecule has 0 aromatic carbocycles. The fraction of sp³-hybridized carbons (Fsp3) is 0.400. The van der Waals surface area contributed by atoms with E-state index in [1.165, 1.54) is 0 Å². The third-order valence-corrected chi connectivity index (χ3v) is 1.84. The van der Waals surface area contributed by atoms with Gasteiger partial charge in [-0.2, -0.15) is 0 Å². The number of hydrogen-bond acceptors (Lipinski definition) is 5. The number of methoxy groups -OCH3 is 1. The summed E-state index contributed by atoms with van der Waals surface area (Å²) in [6.45, 7) is 0. The Labute approximate surface area is 97.2 Å². The largest absolute Gasteiger partial charge is 0.478 e. The van der Waals surface area contributed by atoms with E-state index in [2.05, 4.69) is 4.74 Å². The second kappa shape index (κ2) is 7.15. The Morgan fingerprint density at radius 2 is 1.82 bits per heavy atom. The van der Waals surface area contributed by atoms with Crippen LogP contribution >= 0.6 is 0 Å². The molecule has 7 nitrogen and oxygen atoms in total. The van der Waals surface area contributed by atoms with Crippen LogP contribution < -0.4 is 5.73 Å². The maximum absolute atomic E-state index is 11.2. The van der Waals surface area contributed by atoms with Gasteiger partial charge in [0.1, 0.15) is 0 Å². The molecule has 1 amide bonds. The zero-order valence-corrected chi connectivity index (χ0v) is 9.21. The van der Waals surface area contributed by atoms with E-state index in [4.69, 9.17) is 10.8 Å². The number of esters is 1. The molecule has 0 radical (unpaired) electrons. The van der Waals surface area contributed by atoms with E-state index in [1.54, 1.807) is 0 Å². The number of amides is 1. The van der Waals surface area contributed by atoms with Crippen molar-refractivity contribution in [1.29, 1.82) is 0 Å². The highest BCUT2D eigenvalue weighted by Gasteiger charge is 2.23. The number of allylic oxidation sites excluding steroid dienone is 1. The van der Waals surface area contributed by atoms with Crippen LogP contribution in [0.15, 0.2) is 12.2 Å². The second-order valence-corrected chi connectivity index (χ2v) is 3.23. The monoisotopic (exact) mass is 243 g/mol. The summed E-state index contributed by atoms with van der Waals surface area (Å²) in [5.74, 6) is -4.33. The van der Waals surface area contributed by atoms with E-state index in [0.717, 1.165) is 13.2 Å². The van der Waals surface area contributed by atoms with E-state index in [9.17, 15) is 19.2 Å². The molecule has 3 N–H and O–H groups in total. The third-order valence-electron chi connectivity index (χ3n) is 1.84. The average molecular weight is 243 g/mol. The van der Waals surface area contributed by atoms with Gasteiger partial charge in [0.2, 0.25) is 5.91 Å². The van der Waals surface area contributed by atoms with E-state index < -0.39 is 29.5 Å². The predicted molar refractivity (Wildman–Crippen MR) is 55.7 cm³/mol. The van der Waals surface area contributed by atoms with Gasteiger partial charge in [0.15, 0.2) is 5.78 Å². The first-order valence-corrected chi connectivity index (χ1v) is 4.66. The molecule has 0 aromatic heterocycles. The van der Waals surface area contributed by atoms with Crippen molar-refractivity contribution < 1.29 is 29.0 Å². The minimum Gasteiger partial charge on any atom is -0.478 e. The number of nitrogens with two attached hydrogens (primary N) is 1. The highest BCUT2D eigenvalue weighted by Crippen LogP contribution is 2.11. The van der Waals surface area contributed by atoms with Gasteiger partial charge in [0.25, 0.3) is 0 Å². The summed E-state index contributed by atoms with van der Waals surface area (Å²) in [4.78, 5) is 43.3. The van der Waals surface area contributed by atoms with Crippen LogP contribution in [0.3, 0.4) is 0 Å². The SMILES string of the molecule is COC(=O)C(CC(N)=O)CC(=O)/C=C/C(=O)O. The minimum atomic E-state index is -1.28. The maximum atomic E-state index is 11.2. The van der Waals surface area contributed by atoms with Gasteiger partial charge in [0.05, 0.1) is 13.0 Å². The van der Waals surface area contributed by atoms with Crippen molar-refractivity contribution in [3.05, 3.63) is 12.2 Å². The fourth-order valence-electron chi connectivity index (χ4n) is 1.12. The molecule has 0 aliphatic heterocycles. The molecule has 1 atom stereocenters. The Kier molecular flexibility index (Phi) is 6.24. The van der Waals surface area contributed by atoms with Crippen LogP contribution in [0.1, 0.15) is 12.8 Å². The summed E-state index contributed by atoms with van der Waals surface area (Å²) in [5, 5.41) is 8.29. The van der Waals surface area contributed by atoms with Crippen LogP contribution in [0.5, 0.6) is 0 Å². The summed E-state index contributed by atoms with van der Waals surface area (Å²) < 4.78 is 4.40. The van der Waals surface area contributed by atoms with Crippen LogP contribution in [-0.4, -0.2) is 35.8 Å². The molecule has 1 unspecified atom stereocenters. The zero-order chi connectivity index (χ0) is 13.4. The van der Waals surface area contributed by atoms with Crippen LogP contribution in [0.25, 0.3) is 0 Å². The highest BCUT2D eigenvalue weighted by atomic mass is 16.5. The number of primary amides is 1. The third kappa shape index (κ3) is 6.82. The first-order chi connectivity index (χ1) is 7.86. The van der Waals surface area contributed by atoms with Crippen LogP contribution in [0.2, 0.25) is 0 Å². The quantitative estimate of drug-likeness (QED) is 0.448. The molecule has 0 saturated carbocycles. The maximum Gasteiger partial charge on any atom is 0.328 e.